The summed E-state index contributed by atoms with van der Waals surface area (Å²) in [4.78, 5) is 13.4. The van der Waals surface area contributed by atoms with Crippen molar-refractivity contribution in [1.29, 1.82) is 0 Å². The molecule has 0 aliphatic heterocycles. The fourth-order valence-corrected chi connectivity index (χ4v) is 3.92. The highest BCUT2D eigenvalue weighted by Crippen LogP contribution is 2.30. The molecule has 110 valence electrons. The molecule has 3 nitrogen and oxygen atoms in total. The van der Waals surface area contributed by atoms with E-state index >= 15 is 0 Å². The van der Waals surface area contributed by atoms with E-state index in [1.54, 1.807) is 0 Å². The van der Waals surface area contributed by atoms with Gasteiger partial charge in [-0.1, -0.05) is 19.3 Å². The second-order valence-corrected chi connectivity index (χ2v) is 6.78. The van der Waals surface area contributed by atoms with Crippen molar-refractivity contribution >= 4 is 5.97 Å². The van der Waals surface area contributed by atoms with Crippen molar-refractivity contribution in [3.05, 3.63) is 0 Å². The average molecular weight is 267 g/mol. The highest BCUT2D eigenvalue weighted by atomic mass is 16.4. The molecule has 0 spiro atoms. The van der Waals surface area contributed by atoms with Crippen LogP contribution in [-0.2, 0) is 4.79 Å². The van der Waals surface area contributed by atoms with Gasteiger partial charge in [0.15, 0.2) is 0 Å². The Morgan fingerprint density at radius 1 is 0.947 bits per heavy atom. The fourth-order valence-electron chi connectivity index (χ4n) is 3.92. The minimum absolute atomic E-state index is 0.0695. The molecule has 0 unspecified atom stereocenters. The van der Waals surface area contributed by atoms with Crippen LogP contribution in [0.4, 0.5) is 0 Å². The molecule has 2 aliphatic rings. The monoisotopic (exact) mass is 267 g/mol. The van der Waals surface area contributed by atoms with Gasteiger partial charge in [0, 0.05) is 13.1 Å². The third-order valence-corrected chi connectivity index (χ3v) is 5.06. The summed E-state index contributed by atoms with van der Waals surface area (Å²) >= 11 is 0. The van der Waals surface area contributed by atoms with Crippen molar-refractivity contribution in [3.8, 4) is 0 Å². The number of nitrogens with zero attached hydrogens (tertiary/aromatic N) is 1. The molecule has 2 saturated carbocycles. The number of carbonyl (C=O) groups is 1. The third kappa shape index (κ3) is 4.79. The fraction of sp³-hybridized carbons (Fsp3) is 0.938. The van der Waals surface area contributed by atoms with Gasteiger partial charge in [-0.05, 0) is 57.4 Å². The molecular weight excluding hydrogens is 238 g/mol. The van der Waals surface area contributed by atoms with E-state index < -0.39 is 5.97 Å². The smallest absolute Gasteiger partial charge is 0.306 e. The SMILES string of the molecule is CN(CC1CCCCC1)CC1CCC(C(=O)O)CC1. The first-order chi connectivity index (χ1) is 9.15. The van der Waals surface area contributed by atoms with Crippen LogP contribution in [0.5, 0.6) is 0 Å². The Bertz CT molecular complexity index is 278. The van der Waals surface area contributed by atoms with Gasteiger partial charge in [-0.25, -0.2) is 0 Å². The van der Waals surface area contributed by atoms with E-state index in [1.807, 2.05) is 0 Å². The number of rotatable bonds is 5. The second-order valence-electron chi connectivity index (χ2n) is 6.78. The number of carboxylic acid groups (broad SMARTS) is 1. The molecule has 0 aromatic heterocycles. The minimum Gasteiger partial charge on any atom is -0.481 e. The second kappa shape index (κ2) is 7.28. The third-order valence-electron chi connectivity index (χ3n) is 5.06. The number of aliphatic carboxylic acids is 1. The van der Waals surface area contributed by atoms with Crippen LogP contribution in [-0.4, -0.2) is 36.1 Å². The summed E-state index contributed by atoms with van der Waals surface area (Å²) < 4.78 is 0. The largest absolute Gasteiger partial charge is 0.481 e. The van der Waals surface area contributed by atoms with E-state index in [4.69, 9.17) is 5.11 Å². The first kappa shape index (κ1) is 14.8. The van der Waals surface area contributed by atoms with Crippen LogP contribution >= 0.6 is 0 Å². The van der Waals surface area contributed by atoms with Gasteiger partial charge in [0.2, 0.25) is 0 Å². The molecule has 0 aromatic carbocycles. The number of hydrogen-bond donors (Lipinski definition) is 1. The zero-order valence-corrected chi connectivity index (χ0v) is 12.3. The van der Waals surface area contributed by atoms with Crippen LogP contribution in [0, 0.1) is 17.8 Å². The van der Waals surface area contributed by atoms with Gasteiger partial charge >= 0.3 is 5.97 Å². The molecule has 0 bridgehead atoms. The maximum absolute atomic E-state index is 10.9. The molecule has 0 atom stereocenters. The molecule has 0 amide bonds. The van der Waals surface area contributed by atoms with E-state index in [0.29, 0.717) is 0 Å². The summed E-state index contributed by atoms with van der Waals surface area (Å²) in [5.41, 5.74) is 0. The van der Waals surface area contributed by atoms with Crippen molar-refractivity contribution in [2.45, 2.75) is 57.8 Å². The van der Waals surface area contributed by atoms with Gasteiger partial charge in [-0.3, -0.25) is 4.79 Å². The number of carboxylic acids is 1. The van der Waals surface area contributed by atoms with Crippen LogP contribution < -0.4 is 0 Å². The topological polar surface area (TPSA) is 40.5 Å². The van der Waals surface area contributed by atoms with Gasteiger partial charge in [0.1, 0.15) is 0 Å². The van der Waals surface area contributed by atoms with Crippen molar-refractivity contribution in [1.82, 2.24) is 4.90 Å². The molecule has 2 aliphatic carbocycles. The Labute approximate surface area is 117 Å². The number of hydrogen-bond acceptors (Lipinski definition) is 2. The molecule has 0 heterocycles. The molecule has 1 N–H and O–H groups in total. The average Bonchev–Trinajstić information content (AvgIpc) is 2.40. The normalized spacial score (nSPS) is 29.6. The van der Waals surface area contributed by atoms with Crippen molar-refractivity contribution < 1.29 is 9.90 Å². The zero-order valence-electron chi connectivity index (χ0n) is 12.3. The van der Waals surface area contributed by atoms with Crippen LogP contribution in [0.3, 0.4) is 0 Å². The lowest BCUT2D eigenvalue weighted by Gasteiger charge is -2.32. The molecule has 19 heavy (non-hydrogen) atoms. The van der Waals surface area contributed by atoms with E-state index in [9.17, 15) is 4.79 Å². The van der Waals surface area contributed by atoms with Crippen molar-refractivity contribution in [3.63, 3.8) is 0 Å². The highest BCUT2D eigenvalue weighted by Gasteiger charge is 2.26. The summed E-state index contributed by atoms with van der Waals surface area (Å²) in [6.45, 7) is 2.42. The van der Waals surface area contributed by atoms with Crippen LogP contribution in [0.1, 0.15) is 57.8 Å². The molecule has 0 saturated heterocycles. The lowest BCUT2D eigenvalue weighted by Crippen LogP contribution is -2.33. The van der Waals surface area contributed by atoms with Crippen molar-refractivity contribution in [2.24, 2.45) is 17.8 Å². The quantitative estimate of drug-likeness (QED) is 0.830. The first-order valence-corrected chi connectivity index (χ1v) is 8.06. The molecule has 2 fully saturated rings. The maximum Gasteiger partial charge on any atom is 0.306 e. The van der Waals surface area contributed by atoms with Crippen LogP contribution in [0.15, 0.2) is 0 Å². The molecular formula is C16H29NO2. The van der Waals surface area contributed by atoms with Gasteiger partial charge in [0.25, 0.3) is 0 Å². The Hall–Kier alpha value is -0.570. The Kier molecular flexibility index (Phi) is 5.68. The van der Waals surface area contributed by atoms with Gasteiger partial charge in [-0.2, -0.15) is 0 Å². The molecule has 0 aromatic rings. The van der Waals surface area contributed by atoms with Gasteiger partial charge in [-0.15, -0.1) is 0 Å². The molecule has 0 radical (unpaired) electrons. The first-order valence-electron chi connectivity index (χ1n) is 8.06. The van der Waals surface area contributed by atoms with E-state index in [-0.39, 0.29) is 5.92 Å². The van der Waals surface area contributed by atoms with Crippen molar-refractivity contribution in [2.75, 3.05) is 20.1 Å². The zero-order chi connectivity index (χ0) is 13.7. The van der Waals surface area contributed by atoms with Gasteiger partial charge in [0.05, 0.1) is 5.92 Å². The lowest BCUT2D eigenvalue weighted by atomic mass is 9.81. The standard InChI is InChI=1S/C16H29NO2/c1-17(11-13-5-3-2-4-6-13)12-14-7-9-15(10-8-14)16(18)19/h13-15H,2-12H2,1H3,(H,18,19). The Morgan fingerprint density at radius 2 is 1.47 bits per heavy atom. The summed E-state index contributed by atoms with van der Waals surface area (Å²) in [5.74, 6) is 0.979. The Balaban J connectivity index is 1.65. The highest BCUT2D eigenvalue weighted by molar-refractivity contribution is 5.69. The predicted molar refractivity (Wildman–Crippen MR) is 77.2 cm³/mol. The van der Waals surface area contributed by atoms with E-state index in [2.05, 4.69) is 11.9 Å². The Morgan fingerprint density at radius 3 is 2.00 bits per heavy atom. The summed E-state index contributed by atoms with van der Waals surface area (Å²) in [5, 5.41) is 9.01. The summed E-state index contributed by atoms with van der Waals surface area (Å²) in [6, 6.07) is 0. The predicted octanol–water partition coefficient (Wildman–Crippen LogP) is 3.39. The van der Waals surface area contributed by atoms with E-state index in [0.717, 1.165) is 37.5 Å². The van der Waals surface area contributed by atoms with Crippen LogP contribution in [0.2, 0.25) is 0 Å². The summed E-state index contributed by atoms with van der Waals surface area (Å²) in [7, 11) is 2.25. The lowest BCUT2D eigenvalue weighted by molar-refractivity contribution is -0.143. The minimum atomic E-state index is -0.589. The van der Waals surface area contributed by atoms with Gasteiger partial charge < -0.3 is 10.0 Å². The molecule has 3 heteroatoms. The van der Waals surface area contributed by atoms with E-state index in [1.165, 1.54) is 45.2 Å². The molecule has 2 rings (SSSR count). The van der Waals surface area contributed by atoms with Crippen LogP contribution in [0.25, 0.3) is 0 Å². The maximum atomic E-state index is 10.9. The summed E-state index contributed by atoms with van der Waals surface area (Å²) in [6.07, 6.45) is 11.1.